The largest absolute Gasteiger partial charge is 0.373 e. The van der Waals surface area contributed by atoms with Crippen LogP contribution < -0.4 is 5.73 Å². The van der Waals surface area contributed by atoms with Gasteiger partial charge >= 0.3 is 0 Å². The van der Waals surface area contributed by atoms with Crippen molar-refractivity contribution in [2.75, 3.05) is 19.6 Å². The number of thiophene rings is 1. The molecule has 0 aromatic carbocycles. The Hall–Kier alpha value is 0.540. The van der Waals surface area contributed by atoms with Crippen molar-refractivity contribution < 1.29 is 4.74 Å². The van der Waals surface area contributed by atoms with Gasteiger partial charge in [0.2, 0.25) is 0 Å². The Balaban J connectivity index is 2.17. The molecule has 18 heavy (non-hydrogen) atoms. The summed E-state index contributed by atoms with van der Waals surface area (Å²) in [6.45, 7) is 6.77. The quantitative estimate of drug-likeness (QED) is 0.849. The molecule has 0 bridgehead atoms. The molecule has 0 amide bonds. The highest BCUT2D eigenvalue weighted by atomic mass is 79.9. The smallest absolute Gasteiger partial charge is 0.0843 e. The van der Waals surface area contributed by atoms with Crippen molar-refractivity contribution in [3.05, 3.63) is 19.2 Å². The highest BCUT2D eigenvalue weighted by Gasteiger charge is 2.29. The van der Waals surface area contributed by atoms with Gasteiger partial charge < -0.3 is 10.5 Å². The van der Waals surface area contributed by atoms with Gasteiger partial charge in [0.05, 0.1) is 22.0 Å². The van der Waals surface area contributed by atoms with Gasteiger partial charge in [-0.1, -0.05) is 0 Å². The minimum atomic E-state index is 0.273. The van der Waals surface area contributed by atoms with Gasteiger partial charge in [-0.3, -0.25) is 4.90 Å². The predicted molar refractivity (Wildman–Crippen MR) is 83.1 cm³/mol. The van der Waals surface area contributed by atoms with Crippen LogP contribution in [0.4, 0.5) is 0 Å². The molecule has 6 heteroatoms. The lowest BCUT2D eigenvalue weighted by atomic mass is 10.1. The zero-order valence-corrected chi connectivity index (χ0v) is 14.5. The molecule has 2 rings (SSSR count). The number of hydrogen-bond acceptors (Lipinski definition) is 4. The molecule has 1 aliphatic heterocycles. The fraction of sp³-hybridized carbons (Fsp3) is 0.667. The third-order valence-electron chi connectivity index (χ3n) is 3.10. The summed E-state index contributed by atoms with van der Waals surface area (Å²) in [5, 5.41) is 0. The number of nitrogens with zero attached hydrogens (tertiary/aromatic N) is 1. The summed E-state index contributed by atoms with van der Waals surface area (Å²) in [4.78, 5) is 3.74. The molecule has 1 aromatic heterocycles. The fourth-order valence-corrected chi connectivity index (χ4v) is 4.68. The standard InChI is InChI=1S/C12H18Br2N2OS/c1-7-5-16(6-8(2)17-7)10(4-15)11-3-9(13)12(14)18-11/h3,7-8,10H,4-6,15H2,1-2H3/t7-,8+,10?. The van der Waals surface area contributed by atoms with Gasteiger partial charge in [0.1, 0.15) is 0 Å². The number of ether oxygens (including phenoxy) is 1. The molecule has 1 fully saturated rings. The number of hydrogen-bond donors (Lipinski definition) is 1. The molecule has 3 atom stereocenters. The van der Waals surface area contributed by atoms with E-state index in [2.05, 4.69) is 56.7 Å². The highest BCUT2D eigenvalue weighted by molar-refractivity contribution is 9.13. The predicted octanol–water partition coefficient (Wildman–Crippen LogP) is 3.38. The van der Waals surface area contributed by atoms with Gasteiger partial charge in [-0.2, -0.15) is 0 Å². The van der Waals surface area contributed by atoms with E-state index in [0.29, 0.717) is 6.54 Å². The van der Waals surface area contributed by atoms with Crippen LogP contribution in [0.3, 0.4) is 0 Å². The third-order valence-corrected chi connectivity index (χ3v) is 6.46. The molecule has 0 aliphatic carbocycles. The normalized spacial score (nSPS) is 27.4. The number of rotatable bonds is 3. The van der Waals surface area contributed by atoms with E-state index in [1.54, 1.807) is 11.3 Å². The molecular weight excluding hydrogens is 380 g/mol. The SMILES string of the molecule is C[C@@H]1CN(C(CN)c2cc(Br)c(Br)s2)C[C@H](C)O1. The molecule has 1 saturated heterocycles. The summed E-state index contributed by atoms with van der Waals surface area (Å²) in [5.41, 5.74) is 5.98. The molecule has 0 radical (unpaired) electrons. The Kier molecular flexibility index (Phi) is 5.25. The summed E-state index contributed by atoms with van der Waals surface area (Å²) in [6, 6.07) is 2.45. The second kappa shape index (κ2) is 6.33. The molecule has 2 heterocycles. The van der Waals surface area contributed by atoms with Crippen molar-refractivity contribution in [1.82, 2.24) is 4.90 Å². The maximum atomic E-state index is 5.98. The Labute approximate surface area is 129 Å². The molecule has 1 unspecified atom stereocenters. The maximum absolute atomic E-state index is 5.98. The Morgan fingerprint density at radius 2 is 2.06 bits per heavy atom. The lowest BCUT2D eigenvalue weighted by molar-refractivity contribution is -0.0795. The lowest BCUT2D eigenvalue weighted by Gasteiger charge is -2.39. The van der Waals surface area contributed by atoms with Crippen molar-refractivity contribution in [2.24, 2.45) is 5.73 Å². The van der Waals surface area contributed by atoms with E-state index in [9.17, 15) is 0 Å². The average molecular weight is 398 g/mol. The van der Waals surface area contributed by atoms with Crippen molar-refractivity contribution in [3.8, 4) is 0 Å². The van der Waals surface area contributed by atoms with Crippen LogP contribution >= 0.6 is 43.2 Å². The molecule has 0 spiro atoms. The Bertz CT molecular complexity index is 383. The summed E-state index contributed by atoms with van der Waals surface area (Å²) >= 11 is 8.84. The van der Waals surface area contributed by atoms with E-state index in [0.717, 1.165) is 21.3 Å². The van der Waals surface area contributed by atoms with Crippen LogP contribution in [-0.2, 0) is 4.74 Å². The second-order valence-electron chi connectivity index (χ2n) is 4.73. The van der Waals surface area contributed by atoms with Crippen molar-refractivity contribution >= 4 is 43.2 Å². The van der Waals surface area contributed by atoms with Gasteiger partial charge in [0, 0.05) is 29.0 Å². The molecule has 2 N–H and O–H groups in total. The first-order chi connectivity index (χ1) is 8.51. The van der Waals surface area contributed by atoms with Crippen LogP contribution in [0.5, 0.6) is 0 Å². The van der Waals surface area contributed by atoms with Crippen LogP contribution in [0.25, 0.3) is 0 Å². The molecule has 102 valence electrons. The van der Waals surface area contributed by atoms with E-state index in [-0.39, 0.29) is 18.2 Å². The zero-order valence-electron chi connectivity index (χ0n) is 10.5. The average Bonchev–Trinajstić information content (AvgIpc) is 2.58. The second-order valence-corrected chi connectivity index (χ2v) is 7.99. The minimum absolute atomic E-state index is 0.273. The van der Waals surface area contributed by atoms with Crippen molar-refractivity contribution in [3.63, 3.8) is 0 Å². The van der Waals surface area contributed by atoms with Crippen LogP contribution in [0.15, 0.2) is 14.3 Å². The van der Waals surface area contributed by atoms with E-state index in [1.807, 2.05) is 0 Å². The number of halogens is 2. The van der Waals surface area contributed by atoms with E-state index in [1.165, 1.54) is 4.88 Å². The number of nitrogens with two attached hydrogens (primary N) is 1. The van der Waals surface area contributed by atoms with Crippen LogP contribution in [-0.4, -0.2) is 36.7 Å². The summed E-state index contributed by atoms with van der Waals surface area (Å²) in [7, 11) is 0. The summed E-state index contributed by atoms with van der Waals surface area (Å²) < 4.78 is 8.01. The van der Waals surface area contributed by atoms with E-state index in [4.69, 9.17) is 10.5 Å². The van der Waals surface area contributed by atoms with Crippen molar-refractivity contribution in [2.45, 2.75) is 32.1 Å². The topological polar surface area (TPSA) is 38.5 Å². The van der Waals surface area contributed by atoms with E-state index >= 15 is 0 Å². The Morgan fingerprint density at radius 3 is 2.50 bits per heavy atom. The molecule has 3 nitrogen and oxygen atoms in total. The maximum Gasteiger partial charge on any atom is 0.0843 e. The zero-order chi connectivity index (χ0) is 13.3. The fourth-order valence-electron chi connectivity index (χ4n) is 2.44. The summed E-state index contributed by atoms with van der Waals surface area (Å²) in [6.07, 6.45) is 0.546. The first kappa shape index (κ1) is 14.9. The molecule has 0 saturated carbocycles. The van der Waals surface area contributed by atoms with Gasteiger partial charge in [0.25, 0.3) is 0 Å². The lowest BCUT2D eigenvalue weighted by Crippen LogP contribution is -2.48. The number of morpholine rings is 1. The van der Waals surface area contributed by atoms with Gasteiger partial charge in [0.15, 0.2) is 0 Å². The monoisotopic (exact) mass is 396 g/mol. The van der Waals surface area contributed by atoms with E-state index < -0.39 is 0 Å². The molecule has 1 aromatic rings. The summed E-state index contributed by atoms with van der Waals surface area (Å²) in [5.74, 6) is 0. The van der Waals surface area contributed by atoms with Gasteiger partial charge in [-0.05, 0) is 51.8 Å². The van der Waals surface area contributed by atoms with Crippen LogP contribution in [0.1, 0.15) is 24.8 Å². The highest BCUT2D eigenvalue weighted by Crippen LogP contribution is 2.37. The van der Waals surface area contributed by atoms with Crippen LogP contribution in [0, 0.1) is 0 Å². The minimum Gasteiger partial charge on any atom is -0.373 e. The third kappa shape index (κ3) is 3.35. The first-order valence-corrected chi connectivity index (χ1v) is 8.45. The van der Waals surface area contributed by atoms with Crippen LogP contribution in [0.2, 0.25) is 0 Å². The Morgan fingerprint density at radius 1 is 1.44 bits per heavy atom. The first-order valence-electron chi connectivity index (χ1n) is 6.05. The van der Waals surface area contributed by atoms with Gasteiger partial charge in [-0.15, -0.1) is 11.3 Å². The molecular formula is C12H18Br2N2OS. The van der Waals surface area contributed by atoms with Crippen molar-refractivity contribution in [1.29, 1.82) is 0 Å². The van der Waals surface area contributed by atoms with Gasteiger partial charge in [-0.25, -0.2) is 0 Å². The molecule has 1 aliphatic rings.